The monoisotopic (exact) mass is 379 g/mol. The average molecular weight is 379 g/mol. The predicted octanol–water partition coefficient (Wildman–Crippen LogP) is 1.28. The largest absolute Gasteiger partial charge is 0.465 e. The van der Waals surface area contributed by atoms with Crippen molar-refractivity contribution >= 4 is 34.8 Å². The molecule has 0 aliphatic carbocycles. The fourth-order valence-corrected chi connectivity index (χ4v) is 2.19. The normalized spacial score (nSPS) is 10.5. The number of hydrazone groups is 1. The van der Waals surface area contributed by atoms with Gasteiger partial charge in [-0.1, -0.05) is 6.07 Å². The summed E-state index contributed by atoms with van der Waals surface area (Å²) >= 11 is 0. The van der Waals surface area contributed by atoms with Gasteiger partial charge in [-0.2, -0.15) is 10.4 Å². The molecule has 0 atom stereocenters. The summed E-state index contributed by atoms with van der Waals surface area (Å²) < 4.78 is 4.73. The summed E-state index contributed by atoms with van der Waals surface area (Å²) in [7, 11) is 1.21. The summed E-state index contributed by atoms with van der Waals surface area (Å²) in [5, 5.41) is 22.7. The number of rotatable bonds is 7. The first kappa shape index (κ1) is 20.1. The molecule has 5 N–H and O–H groups in total. The highest BCUT2D eigenvalue weighted by Gasteiger charge is 2.17. The summed E-state index contributed by atoms with van der Waals surface area (Å²) in [5.74, 6) is -1.56. The predicted molar refractivity (Wildman–Crippen MR) is 103 cm³/mol. The molecule has 10 nitrogen and oxygen atoms in total. The molecule has 1 amide bonds. The van der Waals surface area contributed by atoms with Crippen molar-refractivity contribution in [3.05, 3.63) is 53.9 Å². The SMILES string of the molecule is COC(=O)c1cccc(NC(=O)Cc2ccncc2)c1N/N=C(\C#N)C(=N)N. The van der Waals surface area contributed by atoms with Gasteiger partial charge >= 0.3 is 5.97 Å². The van der Waals surface area contributed by atoms with Gasteiger partial charge in [0.2, 0.25) is 11.6 Å². The first-order chi connectivity index (χ1) is 13.5. The first-order valence-corrected chi connectivity index (χ1v) is 7.94. The van der Waals surface area contributed by atoms with Crippen LogP contribution in [0.4, 0.5) is 11.4 Å². The summed E-state index contributed by atoms with van der Waals surface area (Å²) in [4.78, 5) is 28.3. The maximum atomic E-state index is 12.4. The Bertz CT molecular complexity index is 965. The minimum Gasteiger partial charge on any atom is -0.465 e. The van der Waals surface area contributed by atoms with Gasteiger partial charge in [-0.25, -0.2) is 4.79 Å². The number of nitrogens with two attached hydrogens (primary N) is 1. The highest BCUT2D eigenvalue weighted by atomic mass is 16.5. The van der Waals surface area contributed by atoms with Crippen LogP contribution in [0.3, 0.4) is 0 Å². The van der Waals surface area contributed by atoms with Crippen LogP contribution in [0.1, 0.15) is 15.9 Å². The van der Waals surface area contributed by atoms with Crippen LogP contribution >= 0.6 is 0 Å². The Hall–Kier alpha value is -4.26. The summed E-state index contributed by atoms with van der Waals surface area (Å²) in [6, 6.07) is 9.64. The van der Waals surface area contributed by atoms with Crippen LogP contribution in [0.15, 0.2) is 47.8 Å². The van der Waals surface area contributed by atoms with Crippen LogP contribution in [0.2, 0.25) is 0 Å². The van der Waals surface area contributed by atoms with Crippen molar-refractivity contribution in [2.24, 2.45) is 10.8 Å². The van der Waals surface area contributed by atoms with E-state index < -0.39 is 11.8 Å². The van der Waals surface area contributed by atoms with E-state index in [9.17, 15) is 9.59 Å². The van der Waals surface area contributed by atoms with E-state index in [2.05, 4.69) is 20.8 Å². The Morgan fingerprint density at radius 1 is 1.32 bits per heavy atom. The molecule has 0 radical (unpaired) electrons. The van der Waals surface area contributed by atoms with E-state index in [0.717, 1.165) is 5.56 Å². The molecular formula is C18H17N7O3. The number of esters is 1. The lowest BCUT2D eigenvalue weighted by atomic mass is 10.1. The minimum atomic E-state index is -0.677. The second kappa shape index (κ2) is 9.44. The third kappa shape index (κ3) is 5.12. The van der Waals surface area contributed by atoms with Crippen LogP contribution in [0.5, 0.6) is 0 Å². The molecule has 0 saturated carbocycles. The molecule has 2 aromatic rings. The zero-order valence-electron chi connectivity index (χ0n) is 14.9. The smallest absolute Gasteiger partial charge is 0.340 e. The minimum absolute atomic E-state index is 0.0776. The fourth-order valence-electron chi connectivity index (χ4n) is 2.19. The van der Waals surface area contributed by atoms with E-state index >= 15 is 0 Å². The molecule has 0 aliphatic rings. The molecule has 28 heavy (non-hydrogen) atoms. The second-order valence-electron chi connectivity index (χ2n) is 5.40. The molecule has 1 aromatic heterocycles. The van der Waals surface area contributed by atoms with Crippen molar-refractivity contribution in [1.82, 2.24) is 4.98 Å². The topological polar surface area (TPSA) is 166 Å². The quantitative estimate of drug-likeness (QED) is 0.243. The molecule has 0 unspecified atom stereocenters. The molecule has 1 heterocycles. The van der Waals surface area contributed by atoms with Crippen LogP contribution < -0.4 is 16.5 Å². The van der Waals surface area contributed by atoms with Gasteiger partial charge in [0.1, 0.15) is 6.07 Å². The Kier molecular flexibility index (Phi) is 6.76. The van der Waals surface area contributed by atoms with Crippen molar-refractivity contribution in [2.45, 2.75) is 6.42 Å². The lowest BCUT2D eigenvalue weighted by molar-refractivity contribution is -0.115. The maximum absolute atomic E-state index is 12.4. The number of pyridine rings is 1. The molecule has 0 aliphatic heterocycles. The number of methoxy groups -OCH3 is 1. The molecule has 142 valence electrons. The first-order valence-electron chi connectivity index (χ1n) is 7.94. The second-order valence-corrected chi connectivity index (χ2v) is 5.40. The van der Waals surface area contributed by atoms with Crippen LogP contribution in [-0.2, 0) is 16.0 Å². The number of carbonyl (C=O) groups excluding carboxylic acids is 2. The third-order valence-electron chi connectivity index (χ3n) is 3.50. The number of carbonyl (C=O) groups is 2. The van der Waals surface area contributed by atoms with E-state index in [-0.39, 0.29) is 35.0 Å². The van der Waals surface area contributed by atoms with Crippen molar-refractivity contribution in [3.8, 4) is 6.07 Å². The van der Waals surface area contributed by atoms with E-state index in [4.69, 9.17) is 21.1 Å². The molecule has 2 rings (SSSR count). The number of hydrogen-bond donors (Lipinski definition) is 4. The number of amidine groups is 1. The Balaban J connectivity index is 2.35. The van der Waals surface area contributed by atoms with Crippen LogP contribution in [0, 0.1) is 16.7 Å². The summed E-state index contributed by atoms with van der Waals surface area (Å²) in [6.45, 7) is 0. The summed E-state index contributed by atoms with van der Waals surface area (Å²) in [6.07, 6.45) is 3.24. The standard InChI is InChI=1S/C18H17N7O3/c1-28-18(27)12-3-2-4-13(16(12)25-24-14(10-19)17(20)21)23-15(26)9-11-5-7-22-8-6-11/h2-8,25H,9H2,1H3,(H3,20,21)(H,23,26)/b24-14+. The number of hydrogen-bond acceptors (Lipinski definition) is 8. The maximum Gasteiger partial charge on any atom is 0.340 e. The number of nitriles is 1. The molecular weight excluding hydrogens is 362 g/mol. The zero-order chi connectivity index (χ0) is 20.5. The van der Waals surface area contributed by atoms with Gasteiger partial charge in [0.05, 0.1) is 30.5 Å². The van der Waals surface area contributed by atoms with Gasteiger partial charge < -0.3 is 15.8 Å². The average Bonchev–Trinajstić information content (AvgIpc) is 2.69. The van der Waals surface area contributed by atoms with Crippen molar-refractivity contribution in [1.29, 1.82) is 10.7 Å². The zero-order valence-corrected chi connectivity index (χ0v) is 14.9. The fraction of sp³-hybridized carbons (Fsp3) is 0.111. The highest BCUT2D eigenvalue weighted by Crippen LogP contribution is 2.27. The molecule has 1 aromatic carbocycles. The molecule has 0 spiro atoms. The number of ether oxygens (including phenoxy) is 1. The molecule has 0 fully saturated rings. The Morgan fingerprint density at radius 3 is 2.64 bits per heavy atom. The number of anilines is 2. The van der Waals surface area contributed by atoms with Gasteiger partial charge in [0.25, 0.3) is 0 Å². The lowest BCUT2D eigenvalue weighted by Gasteiger charge is -2.14. The van der Waals surface area contributed by atoms with E-state index in [0.29, 0.717) is 0 Å². The molecule has 0 saturated heterocycles. The Labute approximate surface area is 160 Å². The van der Waals surface area contributed by atoms with E-state index in [1.165, 1.54) is 13.2 Å². The van der Waals surface area contributed by atoms with Gasteiger partial charge in [-0.05, 0) is 29.8 Å². The van der Waals surface area contributed by atoms with Gasteiger partial charge in [0, 0.05) is 12.4 Å². The van der Waals surface area contributed by atoms with Crippen LogP contribution in [-0.4, -0.2) is 35.5 Å². The van der Waals surface area contributed by atoms with Crippen molar-refractivity contribution in [2.75, 3.05) is 17.9 Å². The van der Waals surface area contributed by atoms with E-state index in [1.54, 1.807) is 42.7 Å². The summed E-state index contributed by atoms with van der Waals surface area (Å²) in [5.41, 5.74) is 8.58. The van der Waals surface area contributed by atoms with Gasteiger partial charge in [-0.15, -0.1) is 0 Å². The number of nitrogens with zero attached hydrogens (tertiary/aromatic N) is 3. The van der Waals surface area contributed by atoms with Gasteiger partial charge in [-0.3, -0.25) is 20.6 Å². The van der Waals surface area contributed by atoms with Crippen LogP contribution in [0.25, 0.3) is 0 Å². The number of para-hydroxylation sites is 1. The number of aromatic nitrogens is 1. The van der Waals surface area contributed by atoms with E-state index in [1.807, 2.05) is 0 Å². The highest BCUT2D eigenvalue weighted by molar-refractivity contribution is 6.45. The number of amides is 1. The molecule has 10 heteroatoms. The lowest BCUT2D eigenvalue weighted by Crippen LogP contribution is -2.22. The Morgan fingerprint density at radius 2 is 2.04 bits per heavy atom. The number of nitrogens with one attached hydrogen (secondary N) is 3. The number of benzene rings is 1. The third-order valence-corrected chi connectivity index (χ3v) is 3.50. The van der Waals surface area contributed by atoms with Crippen molar-refractivity contribution < 1.29 is 14.3 Å². The van der Waals surface area contributed by atoms with Crippen molar-refractivity contribution in [3.63, 3.8) is 0 Å². The molecule has 0 bridgehead atoms. The van der Waals surface area contributed by atoms with Gasteiger partial charge in [0.15, 0.2) is 5.84 Å².